The first-order chi connectivity index (χ1) is 10.7. The molecule has 0 spiro atoms. The number of ether oxygens (including phenoxy) is 1. The number of rotatable bonds is 5. The van der Waals surface area contributed by atoms with E-state index in [2.05, 4.69) is 17.3 Å². The van der Waals surface area contributed by atoms with E-state index < -0.39 is 0 Å². The molecule has 4 nitrogen and oxygen atoms in total. The number of amides is 1. The van der Waals surface area contributed by atoms with E-state index in [0.717, 1.165) is 5.56 Å². The van der Waals surface area contributed by atoms with Crippen LogP contribution in [0.3, 0.4) is 0 Å². The van der Waals surface area contributed by atoms with Crippen LogP contribution < -0.4 is 10.1 Å². The molecule has 0 atom stereocenters. The second-order valence-electron chi connectivity index (χ2n) is 4.47. The second kappa shape index (κ2) is 7.52. The molecule has 0 aromatic heterocycles. The van der Waals surface area contributed by atoms with Crippen LogP contribution in [0.4, 0.5) is 0 Å². The summed E-state index contributed by atoms with van der Waals surface area (Å²) in [5, 5.41) is 11.6. The van der Waals surface area contributed by atoms with Gasteiger partial charge in [0.2, 0.25) is 0 Å². The molecular formula is C18H14N2O2. The van der Waals surface area contributed by atoms with Gasteiger partial charge < -0.3 is 10.1 Å². The highest BCUT2D eigenvalue weighted by Gasteiger charge is 2.06. The third kappa shape index (κ3) is 3.88. The van der Waals surface area contributed by atoms with Crippen LogP contribution in [-0.2, 0) is 6.61 Å². The van der Waals surface area contributed by atoms with E-state index in [-0.39, 0.29) is 19.1 Å². The van der Waals surface area contributed by atoms with E-state index in [1.807, 2.05) is 12.1 Å². The van der Waals surface area contributed by atoms with Crippen molar-refractivity contribution in [2.24, 2.45) is 0 Å². The van der Waals surface area contributed by atoms with Crippen molar-refractivity contribution in [2.75, 3.05) is 6.54 Å². The minimum atomic E-state index is -0.249. The molecule has 4 heteroatoms. The third-order valence-electron chi connectivity index (χ3n) is 2.98. The lowest BCUT2D eigenvalue weighted by atomic mass is 10.1. The largest absolute Gasteiger partial charge is 0.489 e. The fourth-order valence-corrected chi connectivity index (χ4v) is 1.88. The molecule has 2 aromatic carbocycles. The van der Waals surface area contributed by atoms with E-state index in [1.54, 1.807) is 36.4 Å². The van der Waals surface area contributed by atoms with Crippen molar-refractivity contribution in [3.05, 3.63) is 65.2 Å². The Morgan fingerprint density at radius 1 is 1.23 bits per heavy atom. The van der Waals surface area contributed by atoms with Crippen LogP contribution in [-0.4, -0.2) is 12.5 Å². The first kappa shape index (κ1) is 15.2. The SMILES string of the molecule is C#CCNC(=O)c1cccc(OCc2ccccc2C#N)c1. The van der Waals surface area contributed by atoms with Crippen LogP contribution in [0, 0.1) is 23.7 Å². The summed E-state index contributed by atoms with van der Waals surface area (Å²) in [6, 6.07) is 16.2. The normalized spacial score (nSPS) is 9.36. The van der Waals surface area contributed by atoms with Gasteiger partial charge in [-0.1, -0.05) is 30.2 Å². The zero-order chi connectivity index (χ0) is 15.8. The quantitative estimate of drug-likeness (QED) is 0.861. The number of hydrogen-bond donors (Lipinski definition) is 1. The van der Waals surface area contributed by atoms with Crippen molar-refractivity contribution >= 4 is 5.91 Å². The number of benzene rings is 2. The molecule has 108 valence electrons. The number of nitriles is 1. The molecule has 22 heavy (non-hydrogen) atoms. The summed E-state index contributed by atoms with van der Waals surface area (Å²) in [5.74, 6) is 2.66. The van der Waals surface area contributed by atoms with Crippen LogP contribution >= 0.6 is 0 Å². The van der Waals surface area contributed by atoms with Gasteiger partial charge in [-0.05, 0) is 24.3 Å². The van der Waals surface area contributed by atoms with Crippen molar-refractivity contribution in [3.63, 3.8) is 0 Å². The van der Waals surface area contributed by atoms with Crippen LogP contribution in [0.1, 0.15) is 21.5 Å². The third-order valence-corrected chi connectivity index (χ3v) is 2.98. The molecule has 0 bridgehead atoms. The molecule has 0 aliphatic rings. The Hall–Kier alpha value is -3.24. The number of hydrogen-bond acceptors (Lipinski definition) is 3. The van der Waals surface area contributed by atoms with Gasteiger partial charge in [-0.2, -0.15) is 5.26 Å². The van der Waals surface area contributed by atoms with Gasteiger partial charge in [-0.15, -0.1) is 6.42 Å². The number of carbonyl (C=O) groups is 1. The number of carbonyl (C=O) groups excluding carboxylic acids is 1. The van der Waals surface area contributed by atoms with Gasteiger partial charge in [0.1, 0.15) is 12.4 Å². The molecule has 0 fully saturated rings. The minimum absolute atomic E-state index is 0.180. The van der Waals surface area contributed by atoms with Crippen LogP contribution in [0.5, 0.6) is 5.75 Å². The van der Waals surface area contributed by atoms with Gasteiger partial charge in [-0.3, -0.25) is 4.79 Å². The molecule has 0 aliphatic heterocycles. The molecule has 0 unspecified atom stereocenters. The van der Waals surface area contributed by atoms with Gasteiger partial charge in [-0.25, -0.2) is 0 Å². The van der Waals surface area contributed by atoms with Gasteiger partial charge in [0.15, 0.2) is 0 Å². The molecule has 0 heterocycles. The summed E-state index contributed by atoms with van der Waals surface area (Å²) < 4.78 is 5.66. The van der Waals surface area contributed by atoms with Crippen LogP contribution in [0.25, 0.3) is 0 Å². The molecule has 0 aliphatic carbocycles. The highest BCUT2D eigenvalue weighted by molar-refractivity contribution is 5.94. The Bertz CT molecular complexity index is 754. The van der Waals surface area contributed by atoms with E-state index in [0.29, 0.717) is 16.9 Å². The van der Waals surface area contributed by atoms with E-state index in [9.17, 15) is 4.79 Å². The molecule has 1 amide bonds. The summed E-state index contributed by atoms with van der Waals surface area (Å²) >= 11 is 0. The molecule has 0 saturated heterocycles. The van der Waals surface area contributed by atoms with Gasteiger partial charge in [0, 0.05) is 11.1 Å². The lowest BCUT2D eigenvalue weighted by molar-refractivity contribution is 0.0958. The predicted octanol–water partition coefficient (Wildman–Crippen LogP) is 2.50. The maximum Gasteiger partial charge on any atom is 0.252 e. The highest BCUT2D eigenvalue weighted by atomic mass is 16.5. The standard InChI is InChI=1S/C18H14N2O2/c1-2-10-20-18(21)14-8-5-9-17(11-14)22-13-16-7-4-3-6-15(16)12-19/h1,3-9,11H,10,13H2,(H,20,21). The number of nitrogens with zero attached hydrogens (tertiary/aromatic N) is 1. The number of nitrogens with one attached hydrogen (secondary N) is 1. The lowest BCUT2D eigenvalue weighted by Crippen LogP contribution is -2.23. The molecule has 0 saturated carbocycles. The topological polar surface area (TPSA) is 62.1 Å². The smallest absolute Gasteiger partial charge is 0.252 e. The lowest BCUT2D eigenvalue weighted by Gasteiger charge is -2.09. The van der Waals surface area contributed by atoms with Crippen molar-refractivity contribution in [1.82, 2.24) is 5.32 Å². The van der Waals surface area contributed by atoms with Gasteiger partial charge >= 0.3 is 0 Å². The average Bonchev–Trinajstić information content (AvgIpc) is 2.58. The van der Waals surface area contributed by atoms with Crippen molar-refractivity contribution in [2.45, 2.75) is 6.61 Å². The fraction of sp³-hybridized carbons (Fsp3) is 0.111. The van der Waals surface area contributed by atoms with Gasteiger partial charge in [0.25, 0.3) is 5.91 Å². The second-order valence-corrected chi connectivity index (χ2v) is 4.47. The van der Waals surface area contributed by atoms with E-state index >= 15 is 0 Å². The zero-order valence-corrected chi connectivity index (χ0v) is 11.9. The summed E-state index contributed by atoms with van der Waals surface area (Å²) in [6.45, 7) is 0.443. The van der Waals surface area contributed by atoms with E-state index in [1.165, 1.54) is 0 Å². The molecule has 0 radical (unpaired) electrons. The predicted molar refractivity (Wildman–Crippen MR) is 83.1 cm³/mol. The molecule has 2 rings (SSSR count). The zero-order valence-electron chi connectivity index (χ0n) is 11.9. The van der Waals surface area contributed by atoms with Gasteiger partial charge in [0.05, 0.1) is 18.2 Å². The van der Waals surface area contributed by atoms with Crippen LogP contribution in [0.2, 0.25) is 0 Å². The Morgan fingerprint density at radius 3 is 2.82 bits per heavy atom. The molecule has 2 aromatic rings. The Balaban J connectivity index is 2.06. The monoisotopic (exact) mass is 290 g/mol. The average molecular weight is 290 g/mol. The summed E-state index contributed by atoms with van der Waals surface area (Å²) in [5.41, 5.74) is 1.85. The van der Waals surface area contributed by atoms with Crippen LogP contribution in [0.15, 0.2) is 48.5 Å². The van der Waals surface area contributed by atoms with Crippen molar-refractivity contribution in [3.8, 4) is 24.2 Å². The summed E-state index contributed by atoms with van der Waals surface area (Å²) in [6.07, 6.45) is 5.11. The first-order valence-electron chi connectivity index (χ1n) is 6.67. The molecular weight excluding hydrogens is 276 g/mol. The number of terminal acetylenes is 1. The Labute approximate surface area is 129 Å². The maximum atomic E-state index is 11.8. The molecule has 1 N–H and O–H groups in total. The van der Waals surface area contributed by atoms with Crippen molar-refractivity contribution in [1.29, 1.82) is 5.26 Å². The van der Waals surface area contributed by atoms with Crippen molar-refractivity contribution < 1.29 is 9.53 Å². The fourth-order valence-electron chi connectivity index (χ4n) is 1.88. The maximum absolute atomic E-state index is 11.8. The highest BCUT2D eigenvalue weighted by Crippen LogP contribution is 2.16. The summed E-state index contributed by atoms with van der Waals surface area (Å²) in [4.78, 5) is 11.8. The van der Waals surface area contributed by atoms with E-state index in [4.69, 9.17) is 16.4 Å². The Morgan fingerprint density at radius 2 is 2.05 bits per heavy atom. The summed E-state index contributed by atoms with van der Waals surface area (Å²) in [7, 11) is 0. The minimum Gasteiger partial charge on any atom is -0.489 e. The Kier molecular flexibility index (Phi) is 5.18. The first-order valence-corrected chi connectivity index (χ1v) is 6.67.